The summed E-state index contributed by atoms with van der Waals surface area (Å²) in [5.74, 6) is -0.233. The van der Waals surface area contributed by atoms with E-state index in [1.54, 1.807) is 10.6 Å². The second kappa shape index (κ2) is 10.4. The predicted molar refractivity (Wildman–Crippen MR) is 183 cm³/mol. The summed E-state index contributed by atoms with van der Waals surface area (Å²) >= 11 is 0. The first-order valence-corrected chi connectivity index (χ1v) is 18.3. The van der Waals surface area contributed by atoms with Gasteiger partial charge in [-0.15, -0.1) is 0 Å². The molecule has 5 fully saturated rings. The van der Waals surface area contributed by atoms with Gasteiger partial charge in [-0.25, -0.2) is 8.78 Å². The Morgan fingerprint density at radius 1 is 1.12 bits per heavy atom. The maximum Gasteiger partial charge on any atom is 0.319 e. The maximum absolute atomic E-state index is 17.5. The predicted octanol–water partition coefficient (Wildman–Crippen LogP) is 4.24. The van der Waals surface area contributed by atoms with Gasteiger partial charge in [-0.1, -0.05) is 12.1 Å². The average Bonchev–Trinajstić information content (AvgIpc) is 3.83. The van der Waals surface area contributed by atoms with E-state index >= 15 is 4.39 Å². The minimum absolute atomic E-state index is 0.0201. The van der Waals surface area contributed by atoms with Crippen LogP contribution in [0, 0.1) is 11.2 Å². The van der Waals surface area contributed by atoms with Crippen molar-refractivity contribution in [1.82, 2.24) is 24.8 Å². The molecule has 1 spiro atoms. The summed E-state index contributed by atoms with van der Waals surface area (Å²) in [5, 5.41) is 16.2. The molecule has 1 aliphatic carbocycles. The first-order chi connectivity index (χ1) is 24.3. The van der Waals surface area contributed by atoms with E-state index in [4.69, 9.17) is 19.4 Å². The number of phenols is 1. The standard InChI is InChI=1S/C38H40F2N6O4/c39-22-12-38(15-37(17-49-18-37)16-44(38)13-22)19-50-36-42-32-31(40)30(26-11-24(47)10-21-5-4-20-2-1-3-25(20)29(21)26)35(48)45-9-8-28-27-7-6-23(41-27)14-46(28)34(43-36)33(32)45/h4-5,10-11,22-23,27-28,41,47H,1-3,6-9,12-19H2/t22-,23?,27?,28?,38-/m1/s1. The van der Waals surface area contributed by atoms with Crippen LogP contribution in [0.4, 0.5) is 14.6 Å². The molecule has 260 valence electrons. The summed E-state index contributed by atoms with van der Waals surface area (Å²) in [6, 6.07) is 7.87. The topological polar surface area (TPSA) is 105 Å². The van der Waals surface area contributed by atoms with E-state index < -0.39 is 23.1 Å². The summed E-state index contributed by atoms with van der Waals surface area (Å²) in [6.07, 6.45) is 5.72. The molecule has 11 rings (SSSR count). The molecule has 2 aromatic heterocycles. The quantitative estimate of drug-likeness (QED) is 0.327. The molecular formula is C38H40F2N6O4. The average molecular weight is 683 g/mol. The number of piperazine rings is 1. The first kappa shape index (κ1) is 29.8. The Kier molecular flexibility index (Phi) is 6.18. The highest BCUT2D eigenvalue weighted by Crippen LogP contribution is 2.52. The summed E-state index contributed by atoms with van der Waals surface area (Å²) in [7, 11) is 0. The number of benzene rings is 2. The fraction of sp³-hybridized carbons (Fsp3) is 0.553. The number of aromatic hydroxyl groups is 1. The third-order valence-electron chi connectivity index (χ3n) is 13.1. The second-order valence-corrected chi connectivity index (χ2v) is 16.2. The van der Waals surface area contributed by atoms with Crippen molar-refractivity contribution in [1.29, 1.82) is 0 Å². The highest BCUT2D eigenvalue weighted by Gasteiger charge is 2.61. The van der Waals surface area contributed by atoms with Crippen LogP contribution >= 0.6 is 0 Å². The fourth-order valence-corrected chi connectivity index (χ4v) is 11.1. The van der Waals surface area contributed by atoms with E-state index in [1.165, 1.54) is 11.6 Å². The Morgan fingerprint density at radius 3 is 2.88 bits per heavy atom. The molecule has 0 radical (unpaired) electrons. The van der Waals surface area contributed by atoms with Gasteiger partial charge in [0.2, 0.25) is 0 Å². The highest BCUT2D eigenvalue weighted by molar-refractivity contribution is 6.03. The molecule has 3 unspecified atom stereocenters. The first-order valence-electron chi connectivity index (χ1n) is 18.3. The lowest BCUT2D eigenvalue weighted by atomic mass is 9.78. The lowest BCUT2D eigenvalue weighted by Gasteiger charge is -2.41. The molecule has 2 aromatic carbocycles. The number of alkyl halides is 1. The van der Waals surface area contributed by atoms with Crippen molar-refractivity contribution in [2.24, 2.45) is 5.41 Å². The Labute approximate surface area is 287 Å². The summed E-state index contributed by atoms with van der Waals surface area (Å²) in [6.45, 7) is 3.75. The van der Waals surface area contributed by atoms with E-state index in [1.807, 2.05) is 6.07 Å². The van der Waals surface area contributed by atoms with Crippen molar-refractivity contribution in [3.8, 4) is 22.9 Å². The molecule has 6 aliphatic heterocycles. The largest absolute Gasteiger partial charge is 0.508 e. The van der Waals surface area contributed by atoms with Crippen molar-refractivity contribution in [3.05, 3.63) is 51.6 Å². The zero-order valence-electron chi connectivity index (χ0n) is 27.9. The maximum atomic E-state index is 17.5. The minimum atomic E-state index is -0.941. The molecule has 12 heteroatoms. The van der Waals surface area contributed by atoms with E-state index in [9.17, 15) is 14.3 Å². The van der Waals surface area contributed by atoms with Crippen LogP contribution in [0.15, 0.2) is 29.1 Å². The molecule has 2 N–H and O–H groups in total. The third kappa shape index (κ3) is 4.12. The van der Waals surface area contributed by atoms with E-state index in [2.05, 4.69) is 21.2 Å². The van der Waals surface area contributed by atoms with Crippen molar-refractivity contribution < 1.29 is 23.4 Å². The smallest absolute Gasteiger partial charge is 0.319 e. The summed E-state index contributed by atoms with van der Waals surface area (Å²) < 4.78 is 46.1. The Morgan fingerprint density at radius 2 is 2.02 bits per heavy atom. The molecule has 10 nitrogen and oxygen atoms in total. The number of aromatic nitrogens is 3. The van der Waals surface area contributed by atoms with E-state index in [0.717, 1.165) is 61.4 Å². The molecule has 0 saturated carbocycles. The van der Waals surface area contributed by atoms with Gasteiger partial charge in [0, 0.05) is 61.7 Å². The molecule has 7 aliphatic rings. The van der Waals surface area contributed by atoms with Crippen LogP contribution in [-0.4, -0.2) is 93.8 Å². The van der Waals surface area contributed by atoms with Gasteiger partial charge in [0.15, 0.2) is 11.6 Å². The van der Waals surface area contributed by atoms with Gasteiger partial charge in [0.25, 0.3) is 5.56 Å². The van der Waals surface area contributed by atoms with Gasteiger partial charge in [-0.3, -0.25) is 9.69 Å². The van der Waals surface area contributed by atoms with Crippen LogP contribution in [0.3, 0.4) is 0 Å². The molecule has 2 bridgehead atoms. The zero-order chi connectivity index (χ0) is 33.5. The molecular weight excluding hydrogens is 642 g/mol. The van der Waals surface area contributed by atoms with Gasteiger partial charge < -0.3 is 29.4 Å². The van der Waals surface area contributed by atoms with Crippen LogP contribution in [0.25, 0.3) is 32.9 Å². The van der Waals surface area contributed by atoms with Crippen LogP contribution in [0.5, 0.6) is 11.8 Å². The Hall–Kier alpha value is -3.87. The zero-order valence-corrected chi connectivity index (χ0v) is 27.9. The molecule has 4 aromatic rings. The second-order valence-electron chi connectivity index (χ2n) is 16.2. The van der Waals surface area contributed by atoms with Gasteiger partial charge in [-0.2, -0.15) is 9.97 Å². The van der Waals surface area contributed by atoms with E-state index in [0.29, 0.717) is 62.6 Å². The Bertz CT molecular complexity index is 2190. The van der Waals surface area contributed by atoms with Gasteiger partial charge in [0.05, 0.1) is 24.3 Å². The minimum Gasteiger partial charge on any atom is -0.508 e. The van der Waals surface area contributed by atoms with Crippen molar-refractivity contribution >= 4 is 27.6 Å². The number of pyridine rings is 1. The number of hydrogen-bond donors (Lipinski definition) is 2. The highest BCUT2D eigenvalue weighted by atomic mass is 19.1. The van der Waals surface area contributed by atoms with Crippen molar-refractivity contribution in [2.45, 2.75) is 87.7 Å². The van der Waals surface area contributed by atoms with Crippen LogP contribution in [0.2, 0.25) is 0 Å². The molecule has 5 atom stereocenters. The molecule has 8 heterocycles. The van der Waals surface area contributed by atoms with E-state index in [-0.39, 0.29) is 53.0 Å². The number of aryl methyl sites for hydroxylation is 3. The molecule has 50 heavy (non-hydrogen) atoms. The van der Waals surface area contributed by atoms with Gasteiger partial charge in [0.1, 0.15) is 29.6 Å². The SMILES string of the molecule is O=c1c(-c2cc(O)cc3ccc4c(c23)CCC4)c(F)c2nc(OC[C@]34C[C@@H](F)CN3CC3(COC3)C4)nc3c2n1CCC1C2CCC(CN31)N2. The number of rotatable bonds is 4. The lowest BCUT2D eigenvalue weighted by molar-refractivity contribution is -0.108. The fourth-order valence-electron chi connectivity index (χ4n) is 11.1. The number of hydrogen-bond acceptors (Lipinski definition) is 9. The normalized spacial score (nSPS) is 30.5. The number of ether oxygens (including phenoxy) is 2. The number of phenolic OH excluding ortho intramolecular Hbond substituents is 1. The summed E-state index contributed by atoms with van der Waals surface area (Å²) in [5.41, 5.74) is 2.11. The van der Waals surface area contributed by atoms with Crippen LogP contribution in [0.1, 0.15) is 49.7 Å². The van der Waals surface area contributed by atoms with Gasteiger partial charge >= 0.3 is 6.01 Å². The summed E-state index contributed by atoms with van der Waals surface area (Å²) in [4.78, 5) is 28.9. The van der Waals surface area contributed by atoms with Crippen molar-refractivity contribution in [3.63, 3.8) is 0 Å². The number of nitrogens with zero attached hydrogens (tertiary/aromatic N) is 5. The number of nitrogens with one attached hydrogen (secondary N) is 1. The number of fused-ring (bicyclic) bond motifs is 9. The monoisotopic (exact) mass is 682 g/mol. The Balaban J connectivity index is 1.10. The van der Waals surface area contributed by atoms with Crippen LogP contribution in [-0.2, 0) is 24.1 Å². The lowest BCUT2D eigenvalue weighted by Crippen LogP contribution is -2.58. The third-order valence-corrected chi connectivity index (χ3v) is 13.1. The molecule has 5 saturated heterocycles. The number of halogens is 2. The number of anilines is 1. The van der Waals surface area contributed by atoms with Crippen LogP contribution < -0.4 is 20.5 Å². The molecule has 0 amide bonds. The van der Waals surface area contributed by atoms with Gasteiger partial charge in [-0.05, 0) is 79.0 Å². The van der Waals surface area contributed by atoms with Crippen molar-refractivity contribution in [2.75, 3.05) is 44.4 Å².